The molecule has 0 aliphatic carbocycles. The van der Waals surface area contributed by atoms with Gasteiger partial charge in [0.1, 0.15) is 11.6 Å². The summed E-state index contributed by atoms with van der Waals surface area (Å²) in [5, 5.41) is 15.2. The lowest BCUT2D eigenvalue weighted by molar-refractivity contribution is -0.118. The number of halogens is 1. The van der Waals surface area contributed by atoms with Crippen molar-refractivity contribution in [3.05, 3.63) is 92.6 Å². The van der Waals surface area contributed by atoms with E-state index in [1.807, 2.05) is 74.5 Å². The highest BCUT2D eigenvalue weighted by Crippen LogP contribution is 2.35. The molecule has 7 nitrogen and oxygen atoms in total. The molecule has 38 heavy (non-hydrogen) atoms. The second-order valence-electron chi connectivity index (χ2n) is 8.48. The first kappa shape index (κ1) is 28.7. The monoisotopic (exact) mass is 623 g/mol. The normalized spacial score (nSPS) is 10.8. The molecule has 3 aromatic carbocycles. The lowest BCUT2D eigenvalue weighted by Gasteiger charge is -2.15. The van der Waals surface area contributed by atoms with E-state index in [4.69, 9.17) is 9.47 Å². The number of carbonyl (C=O) groups excluding carboxylic acids is 2. The summed E-state index contributed by atoms with van der Waals surface area (Å²) in [4.78, 5) is 25.0. The van der Waals surface area contributed by atoms with Gasteiger partial charge in [0.2, 0.25) is 0 Å². The van der Waals surface area contributed by atoms with E-state index < -0.39 is 5.91 Å². The van der Waals surface area contributed by atoms with Crippen molar-refractivity contribution in [3.8, 4) is 17.6 Å². The smallest absolute Gasteiger partial charge is 0.262 e. The Kier molecular flexibility index (Phi) is 11.2. The van der Waals surface area contributed by atoms with Crippen LogP contribution in [0, 0.1) is 21.8 Å². The molecule has 2 N–H and O–H groups in total. The predicted octanol–water partition coefficient (Wildman–Crippen LogP) is 5.67. The zero-order valence-electron chi connectivity index (χ0n) is 21.4. The van der Waals surface area contributed by atoms with Crippen molar-refractivity contribution in [1.29, 1.82) is 5.26 Å². The molecule has 0 atom stereocenters. The van der Waals surface area contributed by atoms with Gasteiger partial charge in [0.05, 0.1) is 10.2 Å². The van der Waals surface area contributed by atoms with Gasteiger partial charge >= 0.3 is 0 Å². The van der Waals surface area contributed by atoms with E-state index in [2.05, 4.69) is 33.2 Å². The molecule has 0 aliphatic heterocycles. The van der Waals surface area contributed by atoms with Crippen molar-refractivity contribution >= 4 is 46.2 Å². The van der Waals surface area contributed by atoms with Crippen LogP contribution in [0.2, 0.25) is 0 Å². The van der Waals surface area contributed by atoms with Crippen LogP contribution < -0.4 is 20.1 Å². The van der Waals surface area contributed by atoms with Crippen LogP contribution in [0.4, 0.5) is 5.69 Å². The molecule has 0 heterocycles. The largest absolute Gasteiger partial charge is 0.490 e. The van der Waals surface area contributed by atoms with E-state index in [0.29, 0.717) is 39.5 Å². The number of amides is 2. The van der Waals surface area contributed by atoms with Crippen molar-refractivity contribution in [2.45, 2.75) is 26.7 Å². The maximum Gasteiger partial charge on any atom is 0.262 e. The first-order valence-corrected chi connectivity index (χ1v) is 13.4. The Balaban J connectivity index is 1.64. The molecule has 3 rings (SSSR count). The summed E-state index contributed by atoms with van der Waals surface area (Å²) in [7, 11) is 0. The van der Waals surface area contributed by atoms with Gasteiger partial charge in [-0.05, 0) is 90.7 Å². The summed E-state index contributed by atoms with van der Waals surface area (Å²) in [6, 6.07) is 23.0. The van der Waals surface area contributed by atoms with Gasteiger partial charge in [-0.2, -0.15) is 5.26 Å². The van der Waals surface area contributed by atoms with Gasteiger partial charge in [-0.1, -0.05) is 48.0 Å². The number of ether oxygens (including phenoxy) is 2. The van der Waals surface area contributed by atoms with Gasteiger partial charge in [0, 0.05) is 12.2 Å². The summed E-state index contributed by atoms with van der Waals surface area (Å²) in [5.41, 5.74) is 3.60. The number of rotatable bonds is 12. The van der Waals surface area contributed by atoms with Crippen molar-refractivity contribution in [2.24, 2.45) is 0 Å². The van der Waals surface area contributed by atoms with Crippen LogP contribution in [0.25, 0.3) is 6.08 Å². The van der Waals surface area contributed by atoms with Crippen LogP contribution in [0.3, 0.4) is 0 Å². The van der Waals surface area contributed by atoms with Crippen LogP contribution in [-0.4, -0.2) is 31.6 Å². The molecule has 0 saturated carbocycles. The average Bonchev–Trinajstić information content (AvgIpc) is 2.91. The Morgan fingerprint density at radius 3 is 2.47 bits per heavy atom. The van der Waals surface area contributed by atoms with E-state index in [1.165, 1.54) is 11.6 Å². The summed E-state index contributed by atoms with van der Waals surface area (Å²) in [6.45, 7) is 4.46. The van der Waals surface area contributed by atoms with Crippen LogP contribution >= 0.6 is 22.6 Å². The number of nitriles is 1. The van der Waals surface area contributed by atoms with Gasteiger partial charge < -0.3 is 20.1 Å². The fraction of sp³-hybridized carbons (Fsp3) is 0.233. The predicted molar refractivity (Wildman–Crippen MR) is 157 cm³/mol. The molecule has 3 aromatic rings. The van der Waals surface area contributed by atoms with E-state index in [1.54, 1.807) is 12.1 Å². The molecule has 8 heteroatoms. The van der Waals surface area contributed by atoms with Crippen LogP contribution in [0.5, 0.6) is 11.5 Å². The molecular formula is C30H30IN3O4. The van der Waals surface area contributed by atoms with E-state index in [9.17, 15) is 14.9 Å². The van der Waals surface area contributed by atoms with Crippen LogP contribution in [0.15, 0.2) is 72.3 Å². The Bertz CT molecular complexity index is 1320. The minimum absolute atomic E-state index is 0.00546. The summed E-state index contributed by atoms with van der Waals surface area (Å²) >= 11 is 2.09. The Morgan fingerprint density at radius 1 is 1.05 bits per heavy atom. The van der Waals surface area contributed by atoms with E-state index in [-0.39, 0.29) is 18.1 Å². The quantitative estimate of drug-likeness (QED) is 0.117. The second kappa shape index (κ2) is 14.8. The summed E-state index contributed by atoms with van der Waals surface area (Å²) < 4.78 is 12.2. The standard InChI is InChI=1S/C30H30IN3O4/c1-3-37-27-18-23(16-24(19-32)30(36)33-15-7-10-22-8-5-4-6-9-22)17-26(31)29(27)38-20-28(35)34-25-13-11-21(2)12-14-25/h4-6,8-9,11-14,16-18H,3,7,10,15,20H2,1-2H3,(H,33,36)(H,34,35)/b24-16-. The average molecular weight is 623 g/mol. The molecule has 2 amide bonds. The lowest BCUT2D eigenvalue weighted by atomic mass is 10.1. The number of benzene rings is 3. The topological polar surface area (TPSA) is 100 Å². The highest BCUT2D eigenvalue weighted by Gasteiger charge is 2.15. The zero-order chi connectivity index (χ0) is 27.3. The number of aryl methyl sites for hydroxylation is 2. The maximum atomic E-state index is 12.6. The number of carbonyl (C=O) groups is 2. The molecule has 0 radical (unpaired) electrons. The fourth-order valence-electron chi connectivity index (χ4n) is 3.60. The third-order valence-electron chi connectivity index (χ3n) is 5.46. The summed E-state index contributed by atoms with van der Waals surface area (Å²) in [5.74, 6) is 0.121. The van der Waals surface area contributed by atoms with Crippen molar-refractivity contribution in [3.63, 3.8) is 0 Å². The van der Waals surface area contributed by atoms with Crippen molar-refractivity contribution in [2.75, 3.05) is 25.1 Å². The summed E-state index contributed by atoms with van der Waals surface area (Å²) in [6.07, 6.45) is 3.13. The third kappa shape index (κ3) is 8.92. The SMILES string of the molecule is CCOc1cc(/C=C(/C#N)C(=O)NCCCc2ccccc2)cc(I)c1OCC(=O)Nc1ccc(C)cc1. The zero-order valence-corrected chi connectivity index (χ0v) is 23.6. The minimum Gasteiger partial charge on any atom is -0.490 e. The molecule has 0 unspecified atom stereocenters. The molecule has 196 valence electrons. The van der Waals surface area contributed by atoms with Gasteiger partial charge in [-0.25, -0.2) is 0 Å². The number of hydrogen-bond acceptors (Lipinski definition) is 5. The number of anilines is 1. The molecule has 0 fully saturated rings. The van der Waals surface area contributed by atoms with Crippen molar-refractivity contribution < 1.29 is 19.1 Å². The highest BCUT2D eigenvalue weighted by atomic mass is 127. The van der Waals surface area contributed by atoms with Crippen molar-refractivity contribution in [1.82, 2.24) is 5.32 Å². The molecule has 0 saturated heterocycles. The first-order chi connectivity index (χ1) is 18.4. The Labute approximate surface area is 237 Å². The number of nitrogens with one attached hydrogen (secondary N) is 2. The van der Waals surface area contributed by atoms with Gasteiger partial charge in [0.15, 0.2) is 18.1 Å². The lowest BCUT2D eigenvalue weighted by Crippen LogP contribution is -2.25. The highest BCUT2D eigenvalue weighted by molar-refractivity contribution is 14.1. The third-order valence-corrected chi connectivity index (χ3v) is 6.26. The first-order valence-electron chi connectivity index (χ1n) is 12.3. The van der Waals surface area contributed by atoms with Gasteiger partial charge in [-0.3, -0.25) is 9.59 Å². The molecular weight excluding hydrogens is 593 g/mol. The molecule has 0 aliphatic rings. The maximum absolute atomic E-state index is 12.6. The van der Waals surface area contributed by atoms with Gasteiger partial charge in [0.25, 0.3) is 11.8 Å². The molecule has 0 aromatic heterocycles. The minimum atomic E-state index is -0.429. The Hall–Kier alpha value is -3.84. The number of hydrogen-bond donors (Lipinski definition) is 2. The molecule has 0 bridgehead atoms. The fourth-order valence-corrected chi connectivity index (χ4v) is 4.38. The second-order valence-corrected chi connectivity index (χ2v) is 9.64. The van der Waals surface area contributed by atoms with E-state index in [0.717, 1.165) is 18.4 Å². The Morgan fingerprint density at radius 2 is 1.79 bits per heavy atom. The van der Waals surface area contributed by atoms with Gasteiger partial charge in [-0.15, -0.1) is 0 Å². The van der Waals surface area contributed by atoms with Crippen LogP contribution in [0.1, 0.15) is 30.0 Å². The molecule has 0 spiro atoms. The van der Waals surface area contributed by atoms with E-state index >= 15 is 0 Å². The van der Waals surface area contributed by atoms with Crippen LogP contribution in [-0.2, 0) is 16.0 Å². The number of nitrogens with zero attached hydrogens (tertiary/aromatic N) is 1.